The molecular formula is C25H22N2O3. The molecule has 2 aliphatic heterocycles. The molecule has 30 heavy (non-hydrogen) atoms. The van der Waals surface area contributed by atoms with E-state index >= 15 is 0 Å². The van der Waals surface area contributed by atoms with Crippen molar-refractivity contribution in [1.82, 2.24) is 0 Å². The number of aryl methyl sites for hydroxylation is 2. The Hall–Kier alpha value is -3.44. The number of carbonyl (C=O) groups is 2. The summed E-state index contributed by atoms with van der Waals surface area (Å²) in [6, 6.07) is 24.6. The topological polar surface area (TPSA) is 49.9 Å². The van der Waals surface area contributed by atoms with E-state index in [9.17, 15) is 9.59 Å². The molecule has 0 bridgehead atoms. The second-order valence-electron chi connectivity index (χ2n) is 7.86. The monoisotopic (exact) mass is 398 g/mol. The predicted molar refractivity (Wildman–Crippen MR) is 115 cm³/mol. The molecule has 3 aromatic carbocycles. The molecule has 0 N–H and O–H groups in total. The summed E-state index contributed by atoms with van der Waals surface area (Å²) in [5.41, 5.74) is 4.52. The van der Waals surface area contributed by atoms with Crippen LogP contribution in [0.4, 0.5) is 11.4 Å². The molecule has 0 spiro atoms. The molecule has 0 aliphatic carbocycles. The van der Waals surface area contributed by atoms with E-state index in [0.717, 1.165) is 22.4 Å². The van der Waals surface area contributed by atoms with Gasteiger partial charge in [0.1, 0.15) is 5.92 Å². The average Bonchev–Trinajstić information content (AvgIpc) is 3.26. The molecule has 5 heteroatoms. The van der Waals surface area contributed by atoms with E-state index < -0.39 is 12.0 Å². The third-order valence-corrected chi connectivity index (χ3v) is 5.93. The van der Waals surface area contributed by atoms with Crippen LogP contribution in [0.2, 0.25) is 0 Å². The fraction of sp³-hybridized carbons (Fsp3) is 0.200. The SMILES string of the molecule is Cc1ccc(N2C(=O)[C@@H]3[C@@H](ON(c4ccccc4)[C@H]3c3ccccc3C)C2=O)cc1. The molecule has 150 valence electrons. The van der Waals surface area contributed by atoms with Crippen LogP contribution < -0.4 is 9.96 Å². The Kier molecular flexibility index (Phi) is 4.40. The first kappa shape index (κ1) is 18.6. The van der Waals surface area contributed by atoms with Crippen molar-refractivity contribution in [2.45, 2.75) is 26.0 Å². The zero-order valence-electron chi connectivity index (χ0n) is 16.9. The minimum atomic E-state index is -0.844. The lowest BCUT2D eigenvalue weighted by Gasteiger charge is -2.29. The predicted octanol–water partition coefficient (Wildman–Crippen LogP) is 4.35. The van der Waals surface area contributed by atoms with E-state index in [4.69, 9.17) is 4.84 Å². The number of rotatable bonds is 3. The lowest BCUT2D eigenvalue weighted by atomic mass is 9.88. The summed E-state index contributed by atoms with van der Waals surface area (Å²) in [5.74, 6) is -1.15. The first-order chi connectivity index (χ1) is 14.6. The summed E-state index contributed by atoms with van der Waals surface area (Å²) >= 11 is 0. The van der Waals surface area contributed by atoms with Crippen LogP contribution in [0.25, 0.3) is 0 Å². The first-order valence-corrected chi connectivity index (χ1v) is 10.1. The number of nitrogens with zero attached hydrogens (tertiary/aromatic N) is 2. The summed E-state index contributed by atoms with van der Waals surface area (Å²) in [6.07, 6.45) is -0.844. The summed E-state index contributed by atoms with van der Waals surface area (Å²) in [4.78, 5) is 34.3. The highest BCUT2D eigenvalue weighted by Crippen LogP contribution is 2.48. The van der Waals surface area contributed by atoms with Gasteiger partial charge in [0.2, 0.25) is 5.91 Å². The summed E-state index contributed by atoms with van der Waals surface area (Å²) in [6.45, 7) is 3.99. The number of hydroxylamine groups is 1. The van der Waals surface area contributed by atoms with Gasteiger partial charge in [-0.05, 0) is 49.2 Å². The van der Waals surface area contributed by atoms with Crippen LogP contribution in [0.3, 0.4) is 0 Å². The lowest BCUT2D eigenvalue weighted by Crippen LogP contribution is -2.37. The number of fused-ring (bicyclic) bond motifs is 1. The van der Waals surface area contributed by atoms with Gasteiger partial charge in [-0.15, -0.1) is 0 Å². The van der Waals surface area contributed by atoms with Gasteiger partial charge in [0, 0.05) is 0 Å². The summed E-state index contributed by atoms with van der Waals surface area (Å²) in [5, 5.41) is 1.74. The van der Waals surface area contributed by atoms with Gasteiger partial charge >= 0.3 is 0 Å². The van der Waals surface area contributed by atoms with Crippen LogP contribution >= 0.6 is 0 Å². The van der Waals surface area contributed by atoms with Gasteiger partial charge in [-0.3, -0.25) is 14.4 Å². The van der Waals surface area contributed by atoms with Crippen molar-refractivity contribution in [1.29, 1.82) is 0 Å². The Bertz CT molecular complexity index is 1110. The minimum absolute atomic E-state index is 0.222. The van der Waals surface area contributed by atoms with Gasteiger partial charge in [-0.25, -0.2) is 9.96 Å². The molecule has 0 saturated carbocycles. The molecular weight excluding hydrogens is 376 g/mol. The van der Waals surface area contributed by atoms with Crippen LogP contribution in [-0.4, -0.2) is 17.9 Å². The highest BCUT2D eigenvalue weighted by molar-refractivity contribution is 6.23. The van der Waals surface area contributed by atoms with Gasteiger partial charge < -0.3 is 0 Å². The second kappa shape index (κ2) is 7.11. The summed E-state index contributed by atoms with van der Waals surface area (Å²) < 4.78 is 0. The molecule has 2 aliphatic rings. The highest BCUT2D eigenvalue weighted by Gasteiger charge is 2.60. The fourth-order valence-corrected chi connectivity index (χ4v) is 4.40. The number of benzene rings is 3. The van der Waals surface area contributed by atoms with Crippen molar-refractivity contribution in [2.24, 2.45) is 5.92 Å². The number of hydrogen-bond acceptors (Lipinski definition) is 4. The molecule has 0 unspecified atom stereocenters. The van der Waals surface area contributed by atoms with E-state index in [1.54, 1.807) is 5.06 Å². The van der Waals surface area contributed by atoms with Crippen LogP contribution in [0, 0.1) is 19.8 Å². The quantitative estimate of drug-likeness (QED) is 0.616. The van der Waals surface area contributed by atoms with Gasteiger partial charge in [-0.1, -0.05) is 60.2 Å². The van der Waals surface area contributed by atoms with E-state index in [1.807, 2.05) is 92.7 Å². The second-order valence-corrected chi connectivity index (χ2v) is 7.86. The molecule has 3 atom stereocenters. The lowest BCUT2D eigenvalue weighted by molar-refractivity contribution is -0.126. The normalized spacial score (nSPS) is 23.2. The molecule has 2 fully saturated rings. The number of hydrogen-bond donors (Lipinski definition) is 0. The van der Waals surface area contributed by atoms with Crippen molar-refractivity contribution < 1.29 is 14.4 Å². The standard InChI is InChI=1S/C25H22N2O3/c1-16-12-14-18(15-13-16)26-24(28)21-22(20-11-7-6-8-17(20)2)27(30-23(21)25(26)29)19-9-4-3-5-10-19/h3-15,21-23H,1-2H3/t21-,22-,23+/m0/s1. The molecule has 3 aromatic rings. The van der Waals surface area contributed by atoms with E-state index in [1.165, 1.54) is 4.90 Å². The third-order valence-electron chi connectivity index (χ3n) is 5.93. The smallest absolute Gasteiger partial charge is 0.266 e. The van der Waals surface area contributed by atoms with Crippen molar-refractivity contribution in [3.63, 3.8) is 0 Å². The molecule has 0 radical (unpaired) electrons. The van der Waals surface area contributed by atoms with Crippen molar-refractivity contribution in [3.05, 3.63) is 95.6 Å². The molecule has 5 nitrogen and oxygen atoms in total. The number of anilines is 2. The maximum Gasteiger partial charge on any atom is 0.266 e. The Morgan fingerprint density at radius 2 is 1.40 bits per heavy atom. The first-order valence-electron chi connectivity index (χ1n) is 10.1. The average molecular weight is 398 g/mol. The minimum Gasteiger partial charge on any atom is -0.273 e. The Balaban J connectivity index is 1.60. The maximum atomic E-state index is 13.6. The zero-order chi connectivity index (χ0) is 20.8. The van der Waals surface area contributed by atoms with Crippen LogP contribution in [0.1, 0.15) is 22.7 Å². The maximum absolute atomic E-state index is 13.6. The Morgan fingerprint density at radius 3 is 2.10 bits per heavy atom. The largest absolute Gasteiger partial charge is 0.273 e. The van der Waals surface area contributed by atoms with Crippen LogP contribution in [0.15, 0.2) is 78.9 Å². The molecule has 2 amide bonds. The molecule has 2 heterocycles. The van der Waals surface area contributed by atoms with Crippen molar-refractivity contribution in [2.75, 3.05) is 9.96 Å². The number of carbonyl (C=O) groups excluding carboxylic acids is 2. The van der Waals surface area contributed by atoms with Crippen molar-refractivity contribution >= 4 is 23.2 Å². The van der Waals surface area contributed by atoms with Crippen molar-refractivity contribution in [3.8, 4) is 0 Å². The van der Waals surface area contributed by atoms with E-state index in [-0.39, 0.29) is 17.9 Å². The Morgan fingerprint density at radius 1 is 0.733 bits per heavy atom. The Labute approximate surface area is 175 Å². The number of para-hydroxylation sites is 1. The van der Waals surface area contributed by atoms with Gasteiger partial charge in [0.05, 0.1) is 17.4 Å². The van der Waals surface area contributed by atoms with Gasteiger partial charge in [-0.2, -0.15) is 0 Å². The van der Waals surface area contributed by atoms with E-state index in [2.05, 4.69) is 0 Å². The van der Waals surface area contributed by atoms with Crippen LogP contribution in [0.5, 0.6) is 0 Å². The van der Waals surface area contributed by atoms with Crippen LogP contribution in [-0.2, 0) is 14.4 Å². The number of imide groups is 1. The fourth-order valence-electron chi connectivity index (χ4n) is 4.40. The van der Waals surface area contributed by atoms with Gasteiger partial charge in [0.25, 0.3) is 5.91 Å². The van der Waals surface area contributed by atoms with E-state index in [0.29, 0.717) is 5.69 Å². The highest BCUT2D eigenvalue weighted by atomic mass is 16.7. The molecule has 2 saturated heterocycles. The third kappa shape index (κ3) is 2.82. The molecule has 0 aromatic heterocycles. The number of amides is 2. The zero-order valence-corrected chi connectivity index (χ0v) is 16.9. The van der Waals surface area contributed by atoms with Gasteiger partial charge in [0.15, 0.2) is 6.10 Å². The molecule has 5 rings (SSSR count). The summed E-state index contributed by atoms with van der Waals surface area (Å²) in [7, 11) is 0.